The van der Waals surface area contributed by atoms with Crippen molar-refractivity contribution in [3.05, 3.63) is 88.5 Å². The van der Waals surface area contributed by atoms with E-state index in [1.165, 1.54) is 0 Å². The first-order chi connectivity index (χ1) is 15.7. The van der Waals surface area contributed by atoms with E-state index in [0.29, 0.717) is 11.2 Å². The lowest BCUT2D eigenvalue weighted by Gasteiger charge is -2.16. The lowest BCUT2D eigenvalue weighted by Crippen LogP contribution is -2.41. The van der Waals surface area contributed by atoms with E-state index in [1.807, 2.05) is 74.6 Å². The Hall–Kier alpha value is -3.39. The molecule has 33 heavy (non-hydrogen) atoms. The highest BCUT2D eigenvalue weighted by Crippen LogP contribution is 2.26. The summed E-state index contributed by atoms with van der Waals surface area (Å²) in [4.78, 5) is 7.80. The van der Waals surface area contributed by atoms with Crippen LogP contribution in [0, 0.1) is 11.1 Å². The highest BCUT2D eigenvalue weighted by molar-refractivity contribution is 7.90. The fourth-order valence-electron chi connectivity index (χ4n) is 3.90. The van der Waals surface area contributed by atoms with Gasteiger partial charge in [0.1, 0.15) is 12.3 Å². The summed E-state index contributed by atoms with van der Waals surface area (Å²) >= 11 is 0. The summed E-state index contributed by atoms with van der Waals surface area (Å²) in [5, 5.41) is 14.0. The second-order valence-corrected chi connectivity index (χ2v) is 10.5. The second kappa shape index (κ2) is 9.23. The van der Waals surface area contributed by atoms with Crippen LogP contribution in [0.4, 0.5) is 0 Å². The molecule has 0 saturated heterocycles. The molecule has 0 bridgehead atoms. The molecule has 0 atom stereocenters. The van der Waals surface area contributed by atoms with Crippen LogP contribution >= 0.6 is 0 Å². The quantitative estimate of drug-likeness (QED) is 0.314. The van der Waals surface area contributed by atoms with Gasteiger partial charge >= 0.3 is 5.03 Å². The van der Waals surface area contributed by atoms with E-state index in [2.05, 4.69) is 9.97 Å². The van der Waals surface area contributed by atoms with Crippen LogP contribution in [0.5, 0.6) is 5.88 Å². The molecular weight excluding hydrogens is 438 g/mol. The Balaban J connectivity index is 1.83. The number of ether oxygens (including phenoxy) is 1. The number of sulfone groups is 1. The van der Waals surface area contributed by atoms with Crippen LogP contribution in [0.25, 0.3) is 10.9 Å². The van der Waals surface area contributed by atoms with Gasteiger partial charge in [0.15, 0.2) is 0 Å². The Morgan fingerprint density at radius 1 is 1.09 bits per heavy atom. The fraction of sp³-hybridized carbons (Fsp3) is 0.280. The van der Waals surface area contributed by atoms with E-state index in [4.69, 9.17) is 4.74 Å². The molecule has 7 nitrogen and oxygen atoms in total. The second-order valence-electron chi connectivity index (χ2n) is 8.59. The van der Waals surface area contributed by atoms with Crippen LogP contribution in [0.1, 0.15) is 36.4 Å². The smallest absolute Gasteiger partial charge is 0.330 e. The van der Waals surface area contributed by atoms with E-state index >= 15 is 0 Å². The fourth-order valence-corrected chi connectivity index (χ4v) is 4.86. The van der Waals surface area contributed by atoms with Crippen LogP contribution < -0.4 is 9.47 Å². The molecule has 8 heteroatoms. The summed E-state index contributed by atoms with van der Waals surface area (Å²) in [5.74, 6) is 0.280. The molecule has 0 spiro atoms. The topological polar surface area (TPSA) is 99.0 Å². The number of fused-ring (bicyclic) bond motifs is 1. The number of H-pyrrole nitrogens is 1. The Kier molecular flexibility index (Phi) is 6.37. The molecule has 2 aromatic carbocycles. The van der Waals surface area contributed by atoms with Gasteiger partial charge in [0.25, 0.3) is 11.6 Å². The van der Waals surface area contributed by atoms with Gasteiger partial charge in [-0.25, -0.2) is 13.4 Å². The zero-order valence-electron chi connectivity index (χ0n) is 18.9. The first-order valence-electron chi connectivity index (χ1n) is 10.8. The van der Waals surface area contributed by atoms with Gasteiger partial charge in [0, 0.05) is 36.2 Å². The minimum absolute atomic E-state index is 0.109. The summed E-state index contributed by atoms with van der Waals surface area (Å²) in [6.07, 6.45) is 3.38. The third kappa shape index (κ3) is 5.01. The predicted octanol–water partition coefficient (Wildman–Crippen LogP) is 3.97. The molecule has 172 valence electrons. The third-order valence-electron chi connectivity index (χ3n) is 5.36. The lowest BCUT2D eigenvalue weighted by molar-refractivity contribution is -0.656. The van der Waals surface area contributed by atoms with Gasteiger partial charge in [-0.2, -0.15) is 4.73 Å². The van der Waals surface area contributed by atoms with E-state index < -0.39 is 9.84 Å². The highest BCUT2D eigenvalue weighted by Gasteiger charge is 2.32. The van der Waals surface area contributed by atoms with Gasteiger partial charge in [-0.05, 0) is 23.1 Å². The molecule has 0 aliphatic carbocycles. The average molecular weight is 466 g/mol. The summed E-state index contributed by atoms with van der Waals surface area (Å²) in [7, 11) is -3.84. The molecule has 0 radical (unpaired) electrons. The Morgan fingerprint density at radius 3 is 2.48 bits per heavy atom. The average Bonchev–Trinajstić information content (AvgIpc) is 3.17. The van der Waals surface area contributed by atoms with Crippen molar-refractivity contribution in [1.82, 2.24) is 9.97 Å². The van der Waals surface area contributed by atoms with Crippen molar-refractivity contribution in [3.63, 3.8) is 0 Å². The van der Waals surface area contributed by atoms with Crippen molar-refractivity contribution < 1.29 is 17.9 Å². The normalized spacial score (nSPS) is 11.9. The van der Waals surface area contributed by atoms with Gasteiger partial charge in [0.05, 0.1) is 0 Å². The van der Waals surface area contributed by atoms with Crippen molar-refractivity contribution in [2.45, 2.75) is 38.3 Å². The van der Waals surface area contributed by atoms with Crippen molar-refractivity contribution in [1.29, 1.82) is 0 Å². The van der Waals surface area contributed by atoms with Crippen molar-refractivity contribution in [2.24, 2.45) is 5.92 Å². The minimum atomic E-state index is -3.84. The number of para-hydroxylation sites is 1. The molecule has 2 heterocycles. The molecule has 0 saturated carbocycles. The number of hydrogen-bond donors (Lipinski definition) is 1. The maximum atomic E-state index is 13.4. The molecule has 2 aromatic heterocycles. The number of hydrogen-bond acceptors (Lipinski definition) is 5. The van der Waals surface area contributed by atoms with Crippen LogP contribution in [0.3, 0.4) is 0 Å². The Labute approximate surface area is 193 Å². The number of rotatable bonds is 8. The van der Waals surface area contributed by atoms with Gasteiger partial charge < -0.3 is 14.9 Å². The SMILES string of the molecule is CC(C)Cc1c(OCc2ccccc2)nc(Cc2c[nH]c3ccccc23)c(S(C)(=O)=O)[n+]1[O-]. The van der Waals surface area contributed by atoms with E-state index in [-0.39, 0.29) is 41.2 Å². The van der Waals surface area contributed by atoms with Crippen molar-refractivity contribution >= 4 is 20.7 Å². The first-order valence-corrected chi connectivity index (χ1v) is 12.7. The van der Waals surface area contributed by atoms with E-state index in [1.54, 1.807) is 0 Å². The lowest BCUT2D eigenvalue weighted by atomic mass is 10.1. The van der Waals surface area contributed by atoms with Gasteiger partial charge in [-0.1, -0.05) is 62.4 Å². The molecule has 4 aromatic rings. The largest absolute Gasteiger partial charge is 0.617 e. The molecule has 0 fully saturated rings. The molecule has 4 rings (SSSR count). The molecule has 0 unspecified atom stereocenters. The van der Waals surface area contributed by atoms with Crippen molar-refractivity contribution in [3.8, 4) is 5.88 Å². The molecule has 0 amide bonds. The monoisotopic (exact) mass is 465 g/mol. The number of aromatic amines is 1. The highest BCUT2D eigenvalue weighted by atomic mass is 32.2. The van der Waals surface area contributed by atoms with Crippen LogP contribution in [-0.2, 0) is 29.3 Å². The van der Waals surface area contributed by atoms with Gasteiger partial charge in [-0.15, -0.1) is 0 Å². The zero-order chi connectivity index (χ0) is 23.6. The summed E-state index contributed by atoms with van der Waals surface area (Å²) < 4.78 is 31.9. The molecule has 1 N–H and O–H groups in total. The van der Waals surface area contributed by atoms with Crippen LogP contribution in [0.2, 0.25) is 0 Å². The summed E-state index contributed by atoms with van der Waals surface area (Å²) in [6, 6.07) is 17.3. The summed E-state index contributed by atoms with van der Waals surface area (Å²) in [5.41, 5.74) is 3.11. The number of nitrogens with zero attached hydrogens (tertiary/aromatic N) is 2. The number of aromatic nitrogens is 3. The maximum Gasteiger partial charge on any atom is 0.330 e. The van der Waals surface area contributed by atoms with Crippen LogP contribution in [-0.4, -0.2) is 24.6 Å². The number of benzene rings is 2. The standard InChI is InChI=1S/C25H27N3O4S/c1-17(2)13-23-24(32-16-18-9-5-4-6-10-18)27-22(25(28(23)29)33(3,30)31)14-19-15-26-21-12-8-7-11-20(19)21/h4-12,15,17,26H,13-14,16H2,1-3H3. The third-order valence-corrected chi connectivity index (χ3v) is 6.47. The van der Waals surface area contributed by atoms with Crippen molar-refractivity contribution in [2.75, 3.05) is 6.26 Å². The maximum absolute atomic E-state index is 13.4. The predicted molar refractivity (Wildman–Crippen MR) is 127 cm³/mol. The van der Waals surface area contributed by atoms with Crippen LogP contribution in [0.15, 0.2) is 65.8 Å². The Bertz CT molecular complexity index is 1380. The Morgan fingerprint density at radius 2 is 1.79 bits per heavy atom. The van der Waals surface area contributed by atoms with E-state index in [9.17, 15) is 13.6 Å². The number of nitrogens with one attached hydrogen (secondary N) is 1. The summed E-state index contributed by atoms with van der Waals surface area (Å²) in [6.45, 7) is 4.14. The molecular formula is C25H27N3O4S. The zero-order valence-corrected chi connectivity index (χ0v) is 19.7. The molecule has 0 aliphatic rings. The molecule has 0 aliphatic heterocycles. The van der Waals surface area contributed by atoms with E-state index in [0.717, 1.165) is 28.3 Å². The van der Waals surface area contributed by atoms with Gasteiger partial charge in [-0.3, -0.25) is 0 Å². The minimum Gasteiger partial charge on any atom is -0.617 e. The van der Waals surface area contributed by atoms with Gasteiger partial charge in [0.2, 0.25) is 9.84 Å². The first kappa shape index (κ1) is 22.8.